The second kappa shape index (κ2) is 6.72. The molecule has 0 aliphatic carbocycles. The standard InChI is InChI=1S/C14H26O2/c1-7-14(5,6)12(4)10-13(15)16-9-8-11(2)3/h10-11H,7-9H2,1-6H3/b12-10+. The lowest BCUT2D eigenvalue weighted by molar-refractivity contribution is -0.138. The molecule has 0 aliphatic heterocycles. The topological polar surface area (TPSA) is 26.3 Å². The van der Waals surface area contributed by atoms with Gasteiger partial charge in [0, 0.05) is 6.08 Å². The molecule has 0 aromatic carbocycles. The number of hydrogen-bond acceptors (Lipinski definition) is 2. The first-order valence-corrected chi connectivity index (χ1v) is 6.15. The van der Waals surface area contributed by atoms with Gasteiger partial charge in [0.25, 0.3) is 0 Å². The number of carbonyl (C=O) groups excluding carboxylic acids is 1. The van der Waals surface area contributed by atoms with Gasteiger partial charge in [-0.05, 0) is 31.1 Å². The Bertz CT molecular complexity index is 249. The Morgan fingerprint density at radius 1 is 1.38 bits per heavy atom. The summed E-state index contributed by atoms with van der Waals surface area (Å²) >= 11 is 0. The Balaban J connectivity index is 4.16. The highest BCUT2D eigenvalue weighted by Crippen LogP contribution is 2.29. The fourth-order valence-corrected chi connectivity index (χ4v) is 1.09. The normalized spacial score (nSPS) is 13.1. The van der Waals surface area contributed by atoms with Crippen LogP contribution in [0.4, 0.5) is 0 Å². The van der Waals surface area contributed by atoms with E-state index in [1.54, 1.807) is 6.08 Å². The second-order valence-corrected chi connectivity index (χ2v) is 5.41. The van der Waals surface area contributed by atoms with Crippen molar-refractivity contribution in [2.75, 3.05) is 6.61 Å². The first kappa shape index (κ1) is 15.2. The zero-order valence-corrected chi connectivity index (χ0v) is 11.6. The summed E-state index contributed by atoms with van der Waals surface area (Å²) in [6.07, 6.45) is 3.58. The number of esters is 1. The summed E-state index contributed by atoms with van der Waals surface area (Å²) < 4.78 is 5.15. The van der Waals surface area contributed by atoms with Gasteiger partial charge >= 0.3 is 5.97 Å². The third kappa shape index (κ3) is 5.94. The summed E-state index contributed by atoms with van der Waals surface area (Å²) in [6, 6.07) is 0. The number of carbonyl (C=O) groups is 1. The van der Waals surface area contributed by atoms with Gasteiger partial charge in [0.05, 0.1) is 6.61 Å². The van der Waals surface area contributed by atoms with Gasteiger partial charge in [-0.25, -0.2) is 4.79 Å². The lowest BCUT2D eigenvalue weighted by Crippen LogP contribution is -2.14. The van der Waals surface area contributed by atoms with E-state index >= 15 is 0 Å². The van der Waals surface area contributed by atoms with Crippen molar-refractivity contribution in [3.05, 3.63) is 11.6 Å². The largest absolute Gasteiger partial charge is 0.463 e. The molecule has 0 N–H and O–H groups in total. The van der Waals surface area contributed by atoms with Crippen LogP contribution in [0.5, 0.6) is 0 Å². The highest BCUT2D eigenvalue weighted by atomic mass is 16.5. The van der Waals surface area contributed by atoms with E-state index in [2.05, 4.69) is 34.6 Å². The summed E-state index contributed by atoms with van der Waals surface area (Å²) in [6.45, 7) is 13.2. The summed E-state index contributed by atoms with van der Waals surface area (Å²) in [7, 11) is 0. The van der Waals surface area contributed by atoms with E-state index < -0.39 is 0 Å². The maximum absolute atomic E-state index is 11.5. The highest BCUT2D eigenvalue weighted by molar-refractivity contribution is 5.82. The van der Waals surface area contributed by atoms with E-state index in [4.69, 9.17) is 4.74 Å². The minimum absolute atomic E-state index is 0.0804. The Morgan fingerprint density at radius 2 is 1.94 bits per heavy atom. The smallest absolute Gasteiger partial charge is 0.330 e. The third-order valence-corrected chi connectivity index (χ3v) is 3.23. The van der Waals surface area contributed by atoms with E-state index in [1.165, 1.54) is 0 Å². The first-order chi connectivity index (χ1) is 7.29. The molecule has 2 nitrogen and oxygen atoms in total. The number of hydrogen-bond donors (Lipinski definition) is 0. The number of allylic oxidation sites excluding steroid dienone is 1. The molecule has 0 saturated heterocycles. The fraction of sp³-hybridized carbons (Fsp3) is 0.786. The first-order valence-electron chi connectivity index (χ1n) is 6.15. The molecule has 0 aliphatic rings. The van der Waals surface area contributed by atoms with Gasteiger partial charge in [0.15, 0.2) is 0 Å². The molecule has 0 aromatic rings. The Labute approximate surface area is 100 Å². The summed E-state index contributed by atoms with van der Waals surface area (Å²) in [4.78, 5) is 11.5. The molecule has 0 heterocycles. The molecule has 0 spiro atoms. The third-order valence-electron chi connectivity index (χ3n) is 3.23. The minimum atomic E-state index is -0.209. The van der Waals surface area contributed by atoms with Crippen LogP contribution in [0.2, 0.25) is 0 Å². The number of ether oxygens (including phenoxy) is 1. The van der Waals surface area contributed by atoms with Gasteiger partial charge in [-0.2, -0.15) is 0 Å². The molecule has 0 atom stereocenters. The fourth-order valence-electron chi connectivity index (χ4n) is 1.09. The highest BCUT2D eigenvalue weighted by Gasteiger charge is 2.18. The molecule has 0 radical (unpaired) electrons. The van der Waals surface area contributed by atoms with E-state index in [-0.39, 0.29) is 11.4 Å². The zero-order valence-electron chi connectivity index (χ0n) is 11.6. The summed E-state index contributed by atoms with van der Waals surface area (Å²) in [5.74, 6) is 0.365. The lowest BCUT2D eigenvalue weighted by atomic mass is 9.82. The Hall–Kier alpha value is -0.790. The van der Waals surface area contributed by atoms with E-state index in [0.29, 0.717) is 12.5 Å². The van der Waals surface area contributed by atoms with Crippen LogP contribution in [0.3, 0.4) is 0 Å². The van der Waals surface area contributed by atoms with Crippen molar-refractivity contribution in [3.63, 3.8) is 0 Å². The molecule has 0 saturated carbocycles. The van der Waals surface area contributed by atoms with Crippen LogP contribution in [-0.2, 0) is 9.53 Å². The molecule has 0 bridgehead atoms. The maximum atomic E-state index is 11.5. The van der Waals surface area contributed by atoms with Crippen molar-refractivity contribution in [1.82, 2.24) is 0 Å². The maximum Gasteiger partial charge on any atom is 0.330 e. The van der Waals surface area contributed by atoms with Gasteiger partial charge in [-0.15, -0.1) is 0 Å². The molecule has 0 fully saturated rings. The molecule has 2 heteroatoms. The molecule has 0 rings (SSSR count). The molecular formula is C14H26O2. The van der Waals surface area contributed by atoms with Gasteiger partial charge in [-0.1, -0.05) is 40.2 Å². The summed E-state index contributed by atoms with van der Waals surface area (Å²) in [5, 5.41) is 0. The molecule has 0 aromatic heterocycles. The second-order valence-electron chi connectivity index (χ2n) is 5.41. The predicted molar refractivity (Wildman–Crippen MR) is 68.2 cm³/mol. The average molecular weight is 226 g/mol. The molecule has 0 unspecified atom stereocenters. The van der Waals surface area contributed by atoms with Gasteiger partial charge in [-0.3, -0.25) is 0 Å². The zero-order chi connectivity index (χ0) is 12.8. The Kier molecular flexibility index (Phi) is 6.39. The SMILES string of the molecule is CCC(C)(C)/C(C)=C/C(=O)OCCC(C)C. The van der Waals surface area contributed by atoms with Crippen molar-refractivity contribution in [2.24, 2.45) is 11.3 Å². The van der Waals surface area contributed by atoms with Crippen molar-refractivity contribution in [3.8, 4) is 0 Å². The molecule has 16 heavy (non-hydrogen) atoms. The summed E-state index contributed by atoms with van der Waals surface area (Å²) in [5.41, 5.74) is 1.17. The van der Waals surface area contributed by atoms with Gasteiger partial charge in [0.1, 0.15) is 0 Å². The van der Waals surface area contributed by atoms with E-state index in [0.717, 1.165) is 18.4 Å². The van der Waals surface area contributed by atoms with Crippen LogP contribution in [0.15, 0.2) is 11.6 Å². The quantitative estimate of drug-likeness (QED) is 0.506. The van der Waals surface area contributed by atoms with Gasteiger partial charge in [0.2, 0.25) is 0 Å². The van der Waals surface area contributed by atoms with Crippen LogP contribution in [-0.4, -0.2) is 12.6 Å². The van der Waals surface area contributed by atoms with Gasteiger partial charge < -0.3 is 4.74 Å². The lowest BCUT2D eigenvalue weighted by Gasteiger charge is -2.23. The molecule has 0 amide bonds. The monoisotopic (exact) mass is 226 g/mol. The van der Waals surface area contributed by atoms with Crippen molar-refractivity contribution >= 4 is 5.97 Å². The molecule has 94 valence electrons. The van der Waals surface area contributed by atoms with Crippen LogP contribution < -0.4 is 0 Å². The van der Waals surface area contributed by atoms with Crippen molar-refractivity contribution in [1.29, 1.82) is 0 Å². The minimum Gasteiger partial charge on any atom is -0.463 e. The van der Waals surface area contributed by atoms with E-state index in [9.17, 15) is 4.79 Å². The van der Waals surface area contributed by atoms with Crippen LogP contribution >= 0.6 is 0 Å². The van der Waals surface area contributed by atoms with Crippen molar-refractivity contribution in [2.45, 2.75) is 54.4 Å². The van der Waals surface area contributed by atoms with Crippen LogP contribution in [0, 0.1) is 11.3 Å². The average Bonchev–Trinajstić information content (AvgIpc) is 2.16. The Morgan fingerprint density at radius 3 is 2.38 bits per heavy atom. The van der Waals surface area contributed by atoms with Crippen LogP contribution in [0.1, 0.15) is 54.4 Å². The molecular weight excluding hydrogens is 200 g/mol. The van der Waals surface area contributed by atoms with Crippen LogP contribution in [0.25, 0.3) is 0 Å². The van der Waals surface area contributed by atoms with Crippen molar-refractivity contribution < 1.29 is 9.53 Å². The van der Waals surface area contributed by atoms with E-state index in [1.807, 2.05) is 6.92 Å². The predicted octanol–water partition coefficient (Wildman–Crippen LogP) is 3.96. The number of rotatable bonds is 6.